The summed E-state index contributed by atoms with van der Waals surface area (Å²) in [6.45, 7) is 3.98. The van der Waals surface area contributed by atoms with E-state index in [1.807, 2.05) is 26.0 Å². The van der Waals surface area contributed by atoms with E-state index in [2.05, 4.69) is 26.6 Å². The number of anilines is 1. The maximum Gasteiger partial charge on any atom is 0.260 e. The minimum absolute atomic E-state index is 0.0502. The molecule has 2 N–H and O–H groups in total. The van der Waals surface area contributed by atoms with Crippen LogP contribution < -0.4 is 10.6 Å². The fourth-order valence-electron chi connectivity index (χ4n) is 1.85. The third kappa shape index (κ3) is 3.90. The van der Waals surface area contributed by atoms with Crippen LogP contribution in [0.15, 0.2) is 40.9 Å². The summed E-state index contributed by atoms with van der Waals surface area (Å²) >= 11 is 8.54. The molecule has 0 aliphatic rings. The largest absolute Gasteiger partial charge is 0.331 e. The van der Waals surface area contributed by atoms with Crippen molar-refractivity contribution in [3.8, 4) is 0 Å². The van der Waals surface area contributed by atoms with Gasteiger partial charge in [0.15, 0.2) is 5.11 Å². The number of carbonyl (C=O) groups is 1. The van der Waals surface area contributed by atoms with Crippen LogP contribution in [-0.2, 0) is 0 Å². The van der Waals surface area contributed by atoms with E-state index in [9.17, 15) is 9.18 Å². The number of hydrogen-bond acceptors (Lipinski definition) is 2. The highest BCUT2D eigenvalue weighted by molar-refractivity contribution is 9.10. The van der Waals surface area contributed by atoms with Gasteiger partial charge in [0, 0.05) is 4.47 Å². The molecule has 0 fully saturated rings. The van der Waals surface area contributed by atoms with E-state index < -0.39 is 11.7 Å². The van der Waals surface area contributed by atoms with Crippen molar-refractivity contribution in [2.75, 3.05) is 5.32 Å². The summed E-state index contributed by atoms with van der Waals surface area (Å²) in [6.07, 6.45) is 0. The number of halogens is 2. The average Bonchev–Trinajstić information content (AvgIpc) is 2.45. The third-order valence-electron chi connectivity index (χ3n) is 3.18. The molecular weight excluding hydrogens is 367 g/mol. The summed E-state index contributed by atoms with van der Waals surface area (Å²) in [6, 6.07) is 9.62. The highest BCUT2D eigenvalue weighted by Gasteiger charge is 2.13. The van der Waals surface area contributed by atoms with E-state index in [4.69, 9.17) is 12.2 Å². The number of nitrogens with one attached hydrogen (secondary N) is 2. The van der Waals surface area contributed by atoms with Gasteiger partial charge < -0.3 is 5.32 Å². The minimum atomic E-state index is -0.588. The number of aryl methyl sites for hydroxylation is 2. The Balaban J connectivity index is 2.09. The zero-order valence-electron chi connectivity index (χ0n) is 12.0. The molecule has 0 aliphatic carbocycles. The van der Waals surface area contributed by atoms with Gasteiger partial charge in [0.05, 0.1) is 11.3 Å². The van der Waals surface area contributed by atoms with Crippen LogP contribution in [0.2, 0.25) is 0 Å². The minimum Gasteiger partial charge on any atom is -0.331 e. The lowest BCUT2D eigenvalue weighted by atomic mass is 10.1. The smallest absolute Gasteiger partial charge is 0.260 e. The van der Waals surface area contributed by atoms with Crippen LogP contribution in [-0.4, -0.2) is 11.0 Å². The Morgan fingerprint density at radius 3 is 2.50 bits per heavy atom. The fourth-order valence-corrected chi connectivity index (χ4v) is 2.61. The summed E-state index contributed by atoms with van der Waals surface area (Å²) in [7, 11) is 0. The number of hydrogen-bond donors (Lipinski definition) is 2. The van der Waals surface area contributed by atoms with Crippen molar-refractivity contribution in [1.29, 1.82) is 0 Å². The first-order chi connectivity index (χ1) is 10.4. The quantitative estimate of drug-likeness (QED) is 0.761. The summed E-state index contributed by atoms with van der Waals surface area (Å²) in [5, 5.41) is 5.50. The molecule has 114 valence electrons. The predicted octanol–water partition coefficient (Wildman–Crippen LogP) is 4.33. The van der Waals surface area contributed by atoms with E-state index >= 15 is 0 Å². The van der Waals surface area contributed by atoms with Crippen molar-refractivity contribution < 1.29 is 9.18 Å². The van der Waals surface area contributed by atoms with Crippen LogP contribution in [0, 0.1) is 19.7 Å². The number of rotatable bonds is 2. The average molecular weight is 381 g/mol. The molecule has 2 aromatic carbocycles. The van der Waals surface area contributed by atoms with Gasteiger partial charge in [-0.25, -0.2) is 4.39 Å². The summed E-state index contributed by atoms with van der Waals surface area (Å²) in [5.41, 5.74) is 2.92. The maximum atomic E-state index is 13.5. The molecule has 0 bridgehead atoms. The van der Waals surface area contributed by atoms with Gasteiger partial charge in [-0.15, -0.1) is 0 Å². The molecular formula is C16H14BrFN2OS. The maximum absolute atomic E-state index is 13.5. The lowest BCUT2D eigenvalue weighted by Gasteiger charge is -2.13. The monoisotopic (exact) mass is 380 g/mol. The van der Waals surface area contributed by atoms with E-state index in [0.29, 0.717) is 0 Å². The summed E-state index contributed by atoms with van der Waals surface area (Å²) in [4.78, 5) is 12.0. The van der Waals surface area contributed by atoms with Gasteiger partial charge in [0.2, 0.25) is 0 Å². The molecule has 0 aromatic heterocycles. The van der Waals surface area contributed by atoms with Crippen LogP contribution in [0.25, 0.3) is 0 Å². The van der Waals surface area contributed by atoms with Crippen molar-refractivity contribution in [3.05, 3.63) is 63.4 Å². The van der Waals surface area contributed by atoms with Crippen molar-refractivity contribution in [2.24, 2.45) is 0 Å². The van der Waals surface area contributed by atoms with Crippen molar-refractivity contribution in [2.45, 2.75) is 13.8 Å². The van der Waals surface area contributed by atoms with Gasteiger partial charge in [-0.1, -0.05) is 12.1 Å². The molecule has 0 heterocycles. The molecule has 0 atom stereocenters. The fraction of sp³-hybridized carbons (Fsp3) is 0.125. The molecule has 2 rings (SSSR count). The van der Waals surface area contributed by atoms with Crippen LogP contribution >= 0.6 is 28.1 Å². The van der Waals surface area contributed by atoms with Gasteiger partial charge in [0.1, 0.15) is 5.82 Å². The zero-order valence-corrected chi connectivity index (χ0v) is 14.4. The summed E-state index contributed by atoms with van der Waals surface area (Å²) in [5.74, 6) is -1.18. The first-order valence-corrected chi connectivity index (χ1v) is 7.72. The molecule has 2 aromatic rings. The molecule has 1 amide bonds. The summed E-state index contributed by atoms with van der Waals surface area (Å²) < 4.78 is 14.4. The van der Waals surface area contributed by atoms with E-state index in [0.717, 1.165) is 21.3 Å². The highest BCUT2D eigenvalue weighted by Crippen LogP contribution is 2.26. The van der Waals surface area contributed by atoms with Gasteiger partial charge in [0.25, 0.3) is 5.91 Å². The van der Waals surface area contributed by atoms with Crippen LogP contribution in [0.3, 0.4) is 0 Å². The van der Waals surface area contributed by atoms with Crippen LogP contribution in [0.4, 0.5) is 10.1 Å². The van der Waals surface area contributed by atoms with Crippen molar-refractivity contribution >= 4 is 44.9 Å². The molecule has 0 saturated heterocycles. The van der Waals surface area contributed by atoms with E-state index in [1.165, 1.54) is 18.2 Å². The van der Waals surface area contributed by atoms with Gasteiger partial charge in [-0.05, 0) is 77.4 Å². The molecule has 0 spiro atoms. The first-order valence-electron chi connectivity index (χ1n) is 6.52. The Kier molecular flexibility index (Phi) is 5.26. The first kappa shape index (κ1) is 16.6. The van der Waals surface area contributed by atoms with Gasteiger partial charge in [-0.2, -0.15) is 0 Å². The number of thiocarbonyl (C=S) groups is 1. The zero-order chi connectivity index (χ0) is 16.3. The van der Waals surface area contributed by atoms with Crippen molar-refractivity contribution in [3.63, 3.8) is 0 Å². The predicted molar refractivity (Wildman–Crippen MR) is 93.7 cm³/mol. The number of carbonyl (C=O) groups excluding carboxylic acids is 1. The SMILES string of the molecule is Cc1cc(Br)c(NC(=S)NC(=O)c2ccccc2F)cc1C. The normalized spacial score (nSPS) is 10.2. The molecule has 0 saturated carbocycles. The standard InChI is InChI=1S/C16H14BrFN2OS/c1-9-7-12(17)14(8-10(9)2)19-16(22)20-15(21)11-5-3-4-6-13(11)18/h3-8H,1-2H3,(H2,19,20,21,22). The second-order valence-corrected chi connectivity index (χ2v) is 6.07. The highest BCUT2D eigenvalue weighted by atomic mass is 79.9. The van der Waals surface area contributed by atoms with E-state index in [1.54, 1.807) is 6.07 Å². The molecule has 3 nitrogen and oxygen atoms in total. The molecule has 22 heavy (non-hydrogen) atoms. The van der Waals surface area contributed by atoms with Crippen molar-refractivity contribution in [1.82, 2.24) is 5.32 Å². The Morgan fingerprint density at radius 1 is 1.18 bits per heavy atom. The van der Waals surface area contributed by atoms with Gasteiger partial charge in [-0.3, -0.25) is 10.1 Å². The topological polar surface area (TPSA) is 41.1 Å². The Hall–Kier alpha value is -1.79. The molecule has 0 aliphatic heterocycles. The lowest BCUT2D eigenvalue weighted by molar-refractivity contribution is 0.0974. The molecule has 0 radical (unpaired) electrons. The lowest BCUT2D eigenvalue weighted by Crippen LogP contribution is -2.34. The second-order valence-electron chi connectivity index (χ2n) is 4.80. The van der Waals surface area contributed by atoms with E-state index in [-0.39, 0.29) is 10.7 Å². The Morgan fingerprint density at radius 2 is 1.82 bits per heavy atom. The number of amides is 1. The number of benzene rings is 2. The second kappa shape index (κ2) is 6.98. The third-order valence-corrected chi connectivity index (χ3v) is 4.04. The molecule has 6 heteroatoms. The Bertz CT molecular complexity index is 749. The Labute approximate surface area is 142 Å². The van der Waals surface area contributed by atoms with Crippen LogP contribution in [0.1, 0.15) is 21.5 Å². The molecule has 0 unspecified atom stereocenters. The van der Waals surface area contributed by atoms with Gasteiger partial charge >= 0.3 is 0 Å². The van der Waals surface area contributed by atoms with Crippen LogP contribution in [0.5, 0.6) is 0 Å².